The lowest BCUT2D eigenvalue weighted by Gasteiger charge is -2.05. The minimum Gasteiger partial charge on any atom is -0.507 e. The van der Waals surface area contributed by atoms with Gasteiger partial charge in [-0.3, -0.25) is 0 Å². The van der Waals surface area contributed by atoms with Gasteiger partial charge in [0, 0.05) is 16.3 Å². The van der Waals surface area contributed by atoms with E-state index in [1.165, 1.54) is 18.3 Å². The van der Waals surface area contributed by atoms with Crippen molar-refractivity contribution in [3.05, 3.63) is 47.2 Å². The number of carbonyl (C=O) groups excluding carboxylic acids is 1. The average molecular weight is 317 g/mol. The van der Waals surface area contributed by atoms with Crippen LogP contribution < -0.4 is 0 Å². The average Bonchev–Trinajstić information content (AvgIpc) is 2.98. The molecule has 0 aliphatic carbocycles. The molecule has 4 nitrogen and oxygen atoms in total. The minimum absolute atomic E-state index is 0.0279. The summed E-state index contributed by atoms with van der Waals surface area (Å²) < 4.78 is 18.8. The topological polar surface area (TPSA) is 59.4 Å². The lowest BCUT2D eigenvalue weighted by molar-refractivity contribution is 0.0532. The fraction of sp³-hybridized carbons (Fsp3) is 0.125. The van der Waals surface area contributed by atoms with E-state index in [2.05, 4.69) is 4.98 Å². The van der Waals surface area contributed by atoms with E-state index in [0.29, 0.717) is 26.2 Å². The molecule has 3 aromatic rings. The Kier molecular flexibility index (Phi) is 3.77. The molecule has 0 atom stereocenters. The van der Waals surface area contributed by atoms with Crippen molar-refractivity contribution < 1.29 is 19.0 Å². The molecule has 0 saturated carbocycles. The van der Waals surface area contributed by atoms with Gasteiger partial charge < -0.3 is 9.84 Å². The number of phenolic OH excluding ortho intramolecular Hbond substituents is 1. The van der Waals surface area contributed by atoms with Crippen molar-refractivity contribution in [1.82, 2.24) is 4.98 Å². The highest BCUT2D eigenvalue weighted by Gasteiger charge is 2.14. The normalized spacial score (nSPS) is 10.8. The van der Waals surface area contributed by atoms with Crippen LogP contribution in [-0.2, 0) is 4.74 Å². The highest BCUT2D eigenvalue weighted by atomic mass is 32.1. The molecule has 112 valence electrons. The van der Waals surface area contributed by atoms with E-state index in [1.54, 1.807) is 25.1 Å². The quantitative estimate of drug-likeness (QED) is 0.742. The van der Waals surface area contributed by atoms with Gasteiger partial charge in [-0.1, -0.05) is 12.1 Å². The first kappa shape index (κ1) is 14.5. The number of thiazole rings is 1. The first-order valence-corrected chi connectivity index (χ1v) is 7.46. The monoisotopic (exact) mass is 317 g/mol. The molecule has 0 aliphatic heterocycles. The Bertz CT molecular complexity index is 860. The zero-order valence-corrected chi connectivity index (χ0v) is 12.5. The number of hydrogen-bond acceptors (Lipinski definition) is 5. The minimum atomic E-state index is -0.442. The Morgan fingerprint density at radius 3 is 2.95 bits per heavy atom. The highest BCUT2D eigenvalue weighted by Crippen LogP contribution is 2.34. The van der Waals surface area contributed by atoms with Crippen LogP contribution in [0, 0.1) is 5.82 Å². The maximum absolute atomic E-state index is 13.9. The third-order valence-electron chi connectivity index (χ3n) is 3.15. The third kappa shape index (κ3) is 2.53. The van der Waals surface area contributed by atoms with E-state index in [9.17, 15) is 14.3 Å². The number of phenols is 1. The van der Waals surface area contributed by atoms with Gasteiger partial charge in [0.15, 0.2) is 0 Å². The smallest absolute Gasteiger partial charge is 0.349 e. The second-order valence-corrected chi connectivity index (χ2v) is 5.61. The number of ether oxygens (including phenoxy) is 1. The molecule has 3 rings (SSSR count). The largest absolute Gasteiger partial charge is 0.507 e. The van der Waals surface area contributed by atoms with Crippen molar-refractivity contribution >= 4 is 28.1 Å². The van der Waals surface area contributed by atoms with Gasteiger partial charge in [-0.2, -0.15) is 0 Å². The van der Waals surface area contributed by atoms with Gasteiger partial charge >= 0.3 is 5.97 Å². The molecule has 1 heterocycles. The number of halogens is 1. The van der Waals surface area contributed by atoms with Crippen LogP contribution in [-0.4, -0.2) is 22.7 Å². The maximum atomic E-state index is 13.9. The standard InChI is InChI=1S/C16H12FNO3S/c1-2-21-16(20)14-8-18-15(22-14)9-6-11-10(13(19)7-9)4-3-5-12(11)17/h3-8,19H,2H2,1H3. The van der Waals surface area contributed by atoms with Crippen LogP contribution in [0.2, 0.25) is 0 Å². The van der Waals surface area contributed by atoms with Gasteiger partial charge in [0.25, 0.3) is 0 Å². The molecule has 0 bridgehead atoms. The summed E-state index contributed by atoms with van der Waals surface area (Å²) >= 11 is 1.14. The predicted octanol–water partition coefficient (Wildman–Crippen LogP) is 3.98. The summed E-state index contributed by atoms with van der Waals surface area (Å²) in [6.07, 6.45) is 1.42. The first-order valence-electron chi connectivity index (χ1n) is 6.64. The van der Waals surface area contributed by atoms with Crippen molar-refractivity contribution in [2.75, 3.05) is 6.61 Å². The molecule has 0 amide bonds. The van der Waals surface area contributed by atoms with Crippen LogP contribution in [0.4, 0.5) is 4.39 Å². The molecular weight excluding hydrogens is 305 g/mol. The number of esters is 1. The van der Waals surface area contributed by atoms with E-state index in [0.717, 1.165) is 11.3 Å². The van der Waals surface area contributed by atoms with Crippen LogP contribution in [0.5, 0.6) is 5.75 Å². The summed E-state index contributed by atoms with van der Waals surface area (Å²) in [7, 11) is 0. The van der Waals surface area contributed by atoms with Gasteiger partial charge in [0.1, 0.15) is 21.5 Å². The molecular formula is C16H12FNO3S. The number of carbonyl (C=O) groups is 1. The summed E-state index contributed by atoms with van der Waals surface area (Å²) in [6, 6.07) is 7.63. The molecule has 0 fully saturated rings. The van der Waals surface area contributed by atoms with Gasteiger partial charge in [0.2, 0.25) is 0 Å². The number of nitrogens with zero attached hydrogens (tertiary/aromatic N) is 1. The van der Waals surface area contributed by atoms with Gasteiger partial charge in [-0.05, 0) is 25.1 Å². The van der Waals surface area contributed by atoms with Crippen molar-refractivity contribution in [1.29, 1.82) is 0 Å². The molecule has 0 spiro atoms. The fourth-order valence-electron chi connectivity index (χ4n) is 2.16. The van der Waals surface area contributed by atoms with E-state index >= 15 is 0 Å². The lowest BCUT2D eigenvalue weighted by Crippen LogP contribution is -2.01. The Morgan fingerprint density at radius 2 is 2.18 bits per heavy atom. The second kappa shape index (κ2) is 5.73. The molecule has 22 heavy (non-hydrogen) atoms. The van der Waals surface area contributed by atoms with Crippen LogP contribution in [0.1, 0.15) is 16.6 Å². The number of rotatable bonds is 3. The van der Waals surface area contributed by atoms with E-state index in [-0.39, 0.29) is 12.4 Å². The fourth-order valence-corrected chi connectivity index (χ4v) is 2.95. The SMILES string of the molecule is CCOC(=O)c1cnc(-c2cc(O)c3cccc(F)c3c2)s1. The Morgan fingerprint density at radius 1 is 1.36 bits per heavy atom. The van der Waals surface area contributed by atoms with Crippen molar-refractivity contribution in [2.45, 2.75) is 6.92 Å². The summed E-state index contributed by atoms with van der Waals surface area (Å²) in [4.78, 5) is 16.2. The Balaban J connectivity index is 2.07. The predicted molar refractivity (Wildman–Crippen MR) is 82.6 cm³/mol. The second-order valence-electron chi connectivity index (χ2n) is 4.58. The van der Waals surface area contributed by atoms with Gasteiger partial charge in [-0.25, -0.2) is 14.2 Å². The zero-order chi connectivity index (χ0) is 15.7. The van der Waals surface area contributed by atoms with Crippen molar-refractivity contribution in [3.63, 3.8) is 0 Å². The van der Waals surface area contributed by atoms with Crippen molar-refractivity contribution in [2.24, 2.45) is 0 Å². The Labute approximate surface area is 129 Å². The van der Waals surface area contributed by atoms with E-state index < -0.39 is 11.8 Å². The maximum Gasteiger partial charge on any atom is 0.349 e. The molecule has 1 aromatic heterocycles. The Hall–Kier alpha value is -2.47. The van der Waals surface area contributed by atoms with Gasteiger partial charge in [0.05, 0.1) is 12.8 Å². The third-order valence-corrected chi connectivity index (χ3v) is 4.18. The van der Waals surface area contributed by atoms with Crippen molar-refractivity contribution in [3.8, 4) is 16.3 Å². The highest BCUT2D eigenvalue weighted by molar-refractivity contribution is 7.16. The molecule has 0 unspecified atom stereocenters. The summed E-state index contributed by atoms with van der Waals surface area (Å²) in [5.74, 6) is -0.890. The number of aromatic hydroxyl groups is 1. The molecule has 1 N–H and O–H groups in total. The number of aromatic nitrogens is 1. The number of benzene rings is 2. The van der Waals surface area contributed by atoms with Gasteiger partial charge in [-0.15, -0.1) is 11.3 Å². The summed E-state index contributed by atoms with van der Waals surface area (Å²) in [5, 5.41) is 11.3. The first-order chi connectivity index (χ1) is 10.6. The molecule has 2 aromatic carbocycles. The zero-order valence-electron chi connectivity index (χ0n) is 11.7. The number of hydrogen-bond donors (Lipinski definition) is 1. The summed E-state index contributed by atoms with van der Waals surface area (Å²) in [6.45, 7) is 2.01. The van der Waals surface area contributed by atoms with E-state index in [4.69, 9.17) is 4.74 Å². The van der Waals surface area contributed by atoms with E-state index in [1.807, 2.05) is 0 Å². The molecule has 0 aliphatic rings. The lowest BCUT2D eigenvalue weighted by atomic mass is 10.1. The van der Waals surface area contributed by atoms with Crippen LogP contribution in [0.3, 0.4) is 0 Å². The molecule has 0 saturated heterocycles. The van der Waals surface area contributed by atoms with Crippen LogP contribution in [0.15, 0.2) is 36.5 Å². The van der Waals surface area contributed by atoms with Crippen LogP contribution >= 0.6 is 11.3 Å². The molecule has 6 heteroatoms. The van der Waals surface area contributed by atoms with Crippen LogP contribution in [0.25, 0.3) is 21.3 Å². The number of fused-ring (bicyclic) bond motifs is 1. The molecule has 0 radical (unpaired) electrons. The summed E-state index contributed by atoms with van der Waals surface area (Å²) in [5.41, 5.74) is 0.552.